The fraction of sp³-hybridized carbons (Fsp3) is 1.00. The first-order valence-corrected chi connectivity index (χ1v) is 7.71. The quantitative estimate of drug-likeness (QED) is 0.772. The van der Waals surface area contributed by atoms with Crippen molar-refractivity contribution in [3.05, 3.63) is 0 Å². The van der Waals surface area contributed by atoms with Crippen LogP contribution in [0.5, 0.6) is 0 Å². The van der Waals surface area contributed by atoms with E-state index in [0.29, 0.717) is 0 Å². The molecule has 2 aliphatic rings. The molecule has 88 valence electrons. The third-order valence-corrected chi connectivity index (χ3v) is 4.37. The lowest BCUT2D eigenvalue weighted by atomic mass is 10.0. The fourth-order valence-corrected chi connectivity index (χ4v) is 3.00. The highest BCUT2D eigenvalue weighted by molar-refractivity contribution is 7.98. The summed E-state index contributed by atoms with van der Waals surface area (Å²) in [6.45, 7) is 6.10. The van der Waals surface area contributed by atoms with Gasteiger partial charge in [-0.15, -0.1) is 0 Å². The molecule has 2 fully saturated rings. The second kappa shape index (κ2) is 5.55. The number of hydrogen-bond donors (Lipinski definition) is 1. The summed E-state index contributed by atoms with van der Waals surface area (Å²) in [4.78, 5) is 2.75. The van der Waals surface area contributed by atoms with Crippen LogP contribution in [-0.4, -0.2) is 48.6 Å². The topological polar surface area (TPSA) is 15.3 Å². The van der Waals surface area contributed by atoms with E-state index < -0.39 is 0 Å². The SMILES string of the molecule is CCC1CN(CCSC)C(C2CC2)CN1. The minimum atomic E-state index is 0.738. The fourth-order valence-electron chi connectivity index (χ4n) is 2.58. The van der Waals surface area contributed by atoms with Crippen LogP contribution in [0.3, 0.4) is 0 Å². The normalized spacial score (nSPS) is 33.2. The predicted molar refractivity (Wildman–Crippen MR) is 68.5 cm³/mol. The van der Waals surface area contributed by atoms with Crippen LogP contribution < -0.4 is 5.32 Å². The van der Waals surface area contributed by atoms with Gasteiger partial charge in [-0.3, -0.25) is 4.90 Å². The molecule has 0 amide bonds. The van der Waals surface area contributed by atoms with Gasteiger partial charge >= 0.3 is 0 Å². The molecule has 1 heterocycles. The molecule has 0 aromatic heterocycles. The van der Waals surface area contributed by atoms with Crippen molar-refractivity contribution in [2.24, 2.45) is 5.92 Å². The van der Waals surface area contributed by atoms with Crippen molar-refractivity contribution < 1.29 is 0 Å². The zero-order chi connectivity index (χ0) is 10.7. The average Bonchev–Trinajstić information content (AvgIpc) is 3.09. The van der Waals surface area contributed by atoms with Crippen LogP contribution in [-0.2, 0) is 0 Å². The van der Waals surface area contributed by atoms with Crippen LogP contribution in [0, 0.1) is 5.92 Å². The van der Waals surface area contributed by atoms with Crippen LogP contribution in [0.2, 0.25) is 0 Å². The van der Waals surface area contributed by atoms with Crippen molar-refractivity contribution in [1.82, 2.24) is 10.2 Å². The number of nitrogens with one attached hydrogen (secondary N) is 1. The smallest absolute Gasteiger partial charge is 0.0249 e. The Bertz CT molecular complexity index is 194. The first-order valence-electron chi connectivity index (χ1n) is 6.31. The Kier molecular flexibility index (Phi) is 4.35. The zero-order valence-corrected chi connectivity index (χ0v) is 10.9. The highest BCUT2D eigenvalue weighted by Gasteiger charge is 2.37. The second-order valence-electron chi connectivity index (χ2n) is 4.91. The van der Waals surface area contributed by atoms with Gasteiger partial charge in [0.15, 0.2) is 0 Å². The molecule has 0 aromatic carbocycles. The Morgan fingerprint density at radius 3 is 2.80 bits per heavy atom. The standard InChI is InChI=1S/C12H24N2S/c1-3-11-9-14(6-7-15-2)12(8-13-11)10-4-5-10/h10-13H,3-9H2,1-2H3. The van der Waals surface area contributed by atoms with E-state index in [1.165, 1.54) is 44.6 Å². The molecule has 2 atom stereocenters. The van der Waals surface area contributed by atoms with E-state index >= 15 is 0 Å². The summed E-state index contributed by atoms with van der Waals surface area (Å²) in [6.07, 6.45) is 6.43. The second-order valence-corrected chi connectivity index (χ2v) is 5.89. The maximum absolute atomic E-state index is 3.70. The van der Waals surface area contributed by atoms with Crippen LogP contribution in [0.1, 0.15) is 26.2 Å². The molecule has 3 heteroatoms. The number of hydrogen-bond acceptors (Lipinski definition) is 3. The highest BCUT2D eigenvalue weighted by Crippen LogP contribution is 2.36. The van der Waals surface area contributed by atoms with E-state index in [2.05, 4.69) is 23.4 Å². The zero-order valence-electron chi connectivity index (χ0n) is 10.0. The van der Waals surface area contributed by atoms with Crippen LogP contribution in [0.4, 0.5) is 0 Å². The molecule has 1 aliphatic heterocycles. The first-order chi connectivity index (χ1) is 7.35. The van der Waals surface area contributed by atoms with E-state index in [0.717, 1.165) is 18.0 Å². The van der Waals surface area contributed by atoms with Gasteiger partial charge in [0.05, 0.1) is 0 Å². The summed E-state index contributed by atoms with van der Waals surface area (Å²) in [5.74, 6) is 2.30. The largest absolute Gasteiger partial charge is 0.311 e. The lowest BCUT2D eigenvalue weighted by Gasteiger charge is -2.40. The molecule has 2 rings (SSSR count). The molecule has 1 N–H and O–H groups in total. The Labute approximate surface area is 98.2 Å². The van der Waals surface area contributed by atoms with E-state index in [9.17, 15) is 0 Å². The Morgan fingerprint density at radius 1 is 1.40 bits per heavy atom. The van der Waals surface area contributed by atoms with Crippen LogP contribution in [0.25, 0.3) is 0 Å². The molecule has 1 saturated heterocycles. The maximum Gasteiger partial charge on any atom is 0.0249 e. The molecular formula is C12H24N2S. The number of nitrogens with zero attached hydrogens (tertiary/aromatic N) is 1. The third kappa shape index (κ3) is 3.11. The molecule has 0 aromatic rings. The van der Waals surface area contributed by atoms with Gasteiger partial charge in [-0.1, -0.05) is 6.92 Å². The monoisotopic (exact) mass is 228 g/mol. The summed E-state index contributed by atoms with van der Waals surface area (Å²) >= 11 is 1.98. The van der Waals surface area contributed by atoms with Crippen molar-refractivity contribution in [3.8, 4) is 0 Å². The summed E-state index contributed by atoms with van der Waals surface area (Å²) in [6, 6.07) is 1.59. The molecule has 0 radical (unpaired) electrons. The van der Waals surface area contributed by atoms with Gasteiger partial charge in [-0.05, 0) is 31.4 Å². The summed E-state index contributed by atoms with van der Waals surface area (Å²) in [5, 5.41) is 3.70. The summed E-state index contributed by atoms with van der Waals surface area (Å²) in [7, 11) is 0. The van der Waals surface area contributed by atoms with Crippen molar-refractivity contribution in [2.75, 3.05) is 31.6 Å². The van der Waals surface area contributed by atoms with E-state index in [1.807, 2.05) is 11.8 Å². The van der Waals surface area contributed by atoms with E-state index in [1.54, 1.807) is 0 Å². The van der Waals surface area contributed by atoms with Gasteiger partial charge in [0.2, 0.25) is 0 Å². The Morgan fingerprint density at radius 2 is 2.20 bits per heavy atom. The number of thioether (sulfide) groups is 1. The highest BCUT2D eigenvalue weighted by atomic mass is 32.2. The molecule has 0 spiro atoms. The minimum absolute atomic E-state index is 0.738. The van der Waals surface area contributed by atoms with E-state index in [-0.39, 0.29) is 0 Å². The van der Waals surface area contributed by atoms with Crippen molar-refractivity contribution in [1.29, 1.82) is 0 Å². The molecule has 2 unspecified atom stereocenters. The van der Waals surface area contributed by atoms with Gasteiger partial charge in [-0.2, -0.15) is 11.8 Å². The van der Waals surface area contributed by atoms with Crippen molar-refractivity contribution >= 4 is 11.8 Å². The Balaban J connectivity index is 1.86. The third-order valence-electron chi connectivity index (χ3n) is 3.78. The van der Waals surface area contributed by atoms with Gasteiger partial charge in [0, 0.05) is 37.5 Å². The molecule has 1 aliphatic carbocycles. The number of piperazine rings is 1. The Hall–Kier alpha value is 0.270. The summed E-state index contributed by atoms with van der Waals surface area (Å²) in [5.41, 5.74) is 0. The molecule has 15 heavy (non-hydrogen) atoms. The van der Waals surface area contributed by atoms with Gasteiger partial charge in [-0.25, -0.2) is 0 Å². The van der Waals surface area contributed by atoms with Crippen LogP contribution in [0.15, 0.2) is 0 Å². The van der Waals surface area contributed by atoms with E-state index in [4.69, 9.17) is 0 Å². The van der Waals surface area contributed by atoms with Gasteiger partial charge in [0.25, 0.3) is 0 Å². The van der Waals surface area contributed by atoms with Crippen LogP contribution >= 0.6 is 11.8 Å². The van der Waals surface area contributed by atoms with Crippen molar-refractivity contribution in [3.63, 3.8) is 0 Å². The maximum atomic E-state index is 3.70. The molecule has 0 bridgehead atoms. The predicted octanol–water partition coefficient (Wildman–Crippen LogP) is 1.81. The molecule has 1 saturated carbocycles. The lowest BCUT2D eigenvalue weighted by molar-refractivity contribution is 0.121. The molecular weight excluding hydrogens is 204 g/mol. The molecule has 2 nitrogen and oxygen atoms in total. The number of rotatable bonds is 5. The summed E-state index contributed by atoms with van der Waals surface area (Å²) < 4.78 is 0. The lowest BCUT2D eigenvalue weighted by Crippen LogP contribution is -2.57. The first kappa shape index (κ1) is 11.7. The van der Waals surface area contributed by atoms with Gasteiger partial charge < -0.3 is 5.32 Å². The van der Waals surface area contributed by atoms with Gasteiger partial charge in [0.1, 0.15) is 0 Å². The minimum Gasteiger partial charge on any atom is -0.311 e. The average molecular weight is 228 g/mol. The van der Waals surface area contributed by atoms with Crippen molar-refractivity contribution in [2.45, 2.75) is 38.3 Å².